The number of ether oxygens (including phenoxy) is 2. The van der Waals surface area contributed by atoms with Gasteiger partial charge in [0.1, 0.15) is 0 Å². The molecule has 9 nitrogen and oxygen atoms in total. The third-order valence-corrected chi connectivity index (χ3v) is 5.62. The van der Waals surface area contributed by atoms with Gasteiger partial charge in [-0.2, -0.15) is 0 Å². The van der Waals surface area contributed by atoms with Crippen molar-refractivity contribution in [1.29, 1.82) is 0 Å². The first-order valence-corrected chi connectivity index (χ1v) is 11.2. The first-order chi connectivity index (χ1) is 15.5. The number of anilines is 1. The van der Waals surface area contributed by atoms with Crippen LogP contribution < -0.4 is 20.1 Å². The summed E-state index contributed by atoms with van der Waals surface area (Å²) in [7, 11) is 0. The third-order valence-electron chi connectivity index (χ3n) is 4.66. The molecule has 1 aromatic heterocycles. The van der Waals surface area contributed by atoms with Crippen LogP contribution in [0.2, 0.25) is 0 Å². The van der Waals surface area contributed by atoms with E-state index >= 15 is 0 Å². The topological polar surface area (TPSA) is 107 Å². The number of rotatable bonds is 7. The van der Waals surface area contributed by atoms with E-state index < -0.39 is 11.9 Å². The molecule has 1 aliphatic heterocycles. The van der Waals surface area contributed by atoms with Crippen molar-refractivity contribution in [1.82, 2.24) is 20.1 Å². The Bertz CT molecular complexity index is 1150. The number of aromatic nitrogens is 3. The van der Waals surface area contributed by atoms with Gasteiger partial charge in [-0.05, 0) is 31.5 Å². The molecule has 0 fully saturated rings. The Labute approximate surface area is 189 Å². The maximum Gasteiger partial charge on any atom is 0.325 e. The zero-order chi connectivity index (χ0) is 22.5. The quantitative estimate of drug-likeness (QED) is 0.524. The van der Waals surface area contributed by atoms with Crippen molar-refractivity contribution >= 4 is 29.4 Å². The average Bonchev–Trinajstić information content (AvgIpc) is 3.39. The van der Waals surface area contributed by atoms with Crippen LogP contribution >= 0.6 is 11.8 Å². The highest BCUT2D eigenvalue weighted by atomic mass is 32.2. The lowest BCUT2D eigenvalue weighted by atomic mass is 10.1. The van der Waals surface area contributed by atoms with E-state index in [2.05, 4.69) is 33.8 Å². The van der Waals surface area contributed by atoms with E-state index in [0.29, 0.717) is 22.3 Å². The Morgan fingerprint density at radius 2 is 1.97 bits per heavy atom. The fraction of sp³-hybridized carbons (Fsp3) is 0.273. The molecule has 2 aromatic carbocycles. The average molecular weight is 454 g/mol. The zero-order valence-corrected chi connectivity index (χ0v) is 18.6. The summed E-state index contributed by atoms with van der Waals surface area (Å²) in [6.45, 7) is 4.97. The van der Waals surface area contributed by atoms with E-state index in [1.165, 1.54) is 11.8 Å². The molecule has 0 bridgehead atoms. The van der Waals surface area contributed by atoms with Crippen LogP contribution in [0.15, 0.2) is 47.6 Å². The van der Waals surface area contributed by atoms with E-state index in [1.807, 2.05) is 29.7 Å². The molecule has 2 N–H and O–H groups in total. The SMILES string of the molecule is CCCn1c(SCC(=O)NC(=O)Nc2ccc3c(c2)OCO3)nnc1-c1cccc(C)c1. The van der Waals surface area contributed by atoms with Gasteiger partial charge in [0.25, 0.3) is 0 Å². The van der Waals surface area contributed by atoms with Gasteiger partial charge in [-0.1, -0.05) is 42.4 Å². The number of hydrogen-bond acceptors (Lipinski definition) is 7. The van der Waals surface area contributed by atoms with Crippen molar-refractivity contribution in [3.8, 4) is 22.9 Å². The Hall–Kier alpha value is -3.53. The Morgan fingerprint density at radius 3 is 2.78 bits per heavy atom. The molecule has 0 saturated carbocycles. The van der Waals surface area contributed by atoms with Crippen LogP contribution in [0.1, 0.15) is 18.9 Å². The summed E-state index contributed by atoms with van der Waals surface area (Å²) in [4.78, 5) is 24.5. The second-order valence-electron chi connectivity index (χ2n) is 7.19. The van der Waals surface area contributed by atoms with Gasteiger partial charge < -0.3 is 19.4 Å². The highest BCUT2D eigenvalue weighted by molar-refractivity contribution is 7.99. The van der Waals surface area contributed by atoms with Gasteiger partial charge in [0.2, 0.25) is 12.7 Å². The highest BCUT2D eigenvalue weighted by Gasteiger charge is 2.17. The number of imide groups is 1. The lowest BCUT2D eigenvalue weighted by molar-refractivity contribution is -0.117. The minimum absolute atomic E-state index is 0.0320. The summed E-state index contributed by atoms with van der Waals surface area (Å²) < 4.78 is 12.5. The summed E-state index contributed by atoms with van der Waals surface area (Å²) >= 11 is 1.24. The first-order valence-electron chi connectivity index (χ1n) is 10.2. The smallest absolute Gasteiger partial charge is 0.325 e. The van der Waals surface area contributed by atoms with Crippen LogP contribution in [-0.4, -0.2) is 39.2 Å². The summed E-state index contributed by atoms with van der Waals surface area (Å²) in [6.07, 6.45) is 0.897. The molecule has 166 valence electrons. The molecule has 1 aliphatic rings. The number of benzene rings is 2. The van der Waals surface area contributed by atoms with Gasteiger partial charge in [0, 0.05) is 23.9 Å². The van der Waals surface area contributed by atoms with Gasteiger partial charge >= 0.3 is 6.03 Å². The first kappa shape index (κ1) is 21.7. The number of thioether (sulfide) groups is 1. The number of hydrogen-bond donors (Lipinski definition) is 2. The maximum atomic E-state index is 12.3. The number of amides is 3. The summed E-state index contributed by atoms with van der Waals surface area (Å²) in [6, 6.07) is 12.4. The fourth-order valence-corrected chi connectivity index (χ4v) is 4.01. The van der Waals surface area contributed by atoms with Gasteiger partial charge in [0.15, 0.2) is 22.5 Å². The standard InChI is InChI=1S/C22H23N5O4S/c1-3-9-27-20(15-6-4-5-14(2)10-15)25-26-22(27)32-12-19(28)24-21(29)23-16-7-8-17-18(11-16)31-13-30-17/h4-8,10-11H,3,9,12-13H2,1-2H3,(H2,23,24,28,29). The van der Waals surface area contributed by atoms with E-state index in [0.717, 1.165) is 29.9 Å². The molecule has 0 atom stereocenters. The normalized spacial score (nSPS) is 11.9. The fourth-order valence-electron chi connectivity index (χ4n) is 3.25. The van der Waals surface area contributed by atoms with Gasteiger partial charge in [0.05, 0.1) is 5.75 Å². The minimum atomic E-state index is -0.620. The van der Waals surface area contributed by atoms with Crippen molar-refractivity contribution in [2.45, 2.75) is 32.0 Å². The monoisotopic (exact) mass is 453 g/mol. The molecule has 3 amide bonds. The molecular formula is C22H23N5O4S. The predicted octanol–water partition coefficient (Wildman–Crippen LogP) is 3.83. The van der Waals surface area contributed by atoms with Crippen molar-refractivity contribution < 1.29 is 19.1 Å². The van der Waals surface area contributed by atoms with Gasteiger partial charge in [-0.25, -0.2) is 4.79 Å². The lowest BCUT2D eigenvalue weighted by Gasteiger charge is -2.10. The summed E-state index contributed by atoms with van der Waals surface area (Å²) in [5, 5.41) is 14.2. The Kier molecular flexibility index (Phi) is 6.60. The summed E-state index contributed by atoms with van der Waals surface area (Å²) in [5.41, 5.74) is 2.61. The number of carbonyl (C=O) groups excluding carboxylic acids is 2. The van der Waals surface area contributed by atoms with Crippen LogP contribution in [0.5, 0.6) is 11.5 Å². The number of aryl methyl sites for hydroxylation is 1. The van der Waals surface area contributed by atoms with Crippen LogP contribution in [0.4, 0.5) is 10.5 Å². The van der Waals surface area contributed by atoms with Crippen molar-refractivity contribution in [3.63, 3.8) is 0 Å². The van der Waals surface area contributed by atoms with E-state index in [4.69, 9.17) is 9.47 Å². The Morgan fingerprint density at radius 1 is 1.12 bits per heavy atom. The second kappa shape index (κ2) is 9.73. The minimum Gasteiger partial charge on any atom is -0.454 e. The molecule has 4 rings (SSSR count). The van der Waals surface area contributed by atoms with Gasteiger partial charge in [-0.15, -0.1) is 10.2 Å². The molecule has 10 heteroatoms. The van der Waals surface area contributed by atoms with Gasteiger partial charge in [-0.3, -0.25) is 10.1 Å². The lowest BCUT2D eigenvalue weighted by Crippen LogP contribution is -2.35. The second-order valence-corrected chi connectivity index (χ2v) is 8.13. The molecule has 32 heavy (non-hydrogen) atoms. The number of nitrogens with one attached hydrogen (secondary N) is 2. The number of nitrogens with zero attached hydrogens (tertiary/aromatic N) is 3. The molecular weight excluding hydrogens is 430 g/mol. The maximum absolute atomic E-state index is 12.3. The number of urea groups is 1. The molecule has 0 aliphatic carbocycles. The third kappa shape index (κ3) is 5.02. The summed E-state index contributed by atoms with van der Waals surface area (Å²) in [5.74, 6) is 1.52. The molecule has 0 spiro atoms. The largest absolute Gasteiger partial charge is 0.454 e. The van der Waals surface area contributed by atoms with Crippen LogP contribution in [-0.2, 0) is 11.3 Å². The molecule has 0 saturated heterocycles. The van der Waals surface area contributed by atoms with Crippen LogP contribution in [0.25, 0.3) is 11.4 Å². The van der Waals surface area contributed by atoms with E-state index in [9.17, 15) is 9.59 Å². The van der Waals surface area contributed by atoms with Crippen LogP contribution in [0.3, 0.4) is 0 Å². The van der Waals surface area contributed by atoms with Crippen LogP contribution in [0, 0.1) is 6.92 Å². The number of fused-ring (bicyclic) bond motifs is 1. The molecule has 0 unspecified atom stereocenters. The van der Waals surface area contributed by atoms with E-state index in [1.54, 1.807) is 18.2 Å². The zero-order valence-electron chi connectivity index (χ0n) is 17.8. The highest BCUT2D eigenvalue weighted by Crippen LogP contribution is 2.34. The molecule has 2 heterocycles. The molecule has 3 aromatic rings. The van der Waals surface area contributed by atoms with Crippen molar-refractivity contribution in [3.05, 3.63) is 48.0 Å². The molecule has 0 radical (unpaired) electrons. The van der Waals surface area contributed by atoms with Crippen molar-refractivity contribution in [2.75, 3.05) is 17.9 Å². The Balaban J connectivity index is 1.35. The van der Waals surface area contributed by atoms with Crippen molar-refractivity contribution in [2.24, 2.45) is 0 Å². The van der Waals surface area contributed by atoms with E-state index in [-0.39, 0.29) is 12.5 Å². The number of carbonyl (C=O) groups is 2. The predicted molar refractivity (Wildman–Crippen MR) is 121 cm³/mol.